The van der Waals surface area contributed by atoms with Gasteiger partial charge >= 0.3 is 0 Å². The number of thiocarbonyl (C=S) groups is 1. The molecule has 16 heavy (non-hydrogen) atoms. The van der Waals surface area contributed by atoms with Crippen molar-refractivity contribution in [2.75, 3.05) is 24.3 Å². The first-order valence-electron chi connectivity index (χ1n) is 5.39. The van der Waals surface area contributed by atoms with Crippen LogP contribution in [0.25, 0.3) is 0 Å². The van der Waals surface area contributed by atoms with E-state index < -0.39 is 0 Å². The van der Waals surface area contributed by atoms with Crippen LogP contribution in [0.15, 0.2) is 24.3 Å². The number of anilines is 2. The highest BCUT2D eigenvalue weighted by atomic mass is 32.1. The molecule has 0 fully saturated rings. The van der Waals surface area contributed by atoms with Crippen LogP contribution >= 0.6 is 12.2 Å². The number of nitrogens with one attached hydrogen (secondary N) is 1. The van der Waals surface area contributed by atoms with Crippen LogP contribution in [0.3, 0.4) is 0 Å². The molecule has 0 saturated carbocycles. The number of hydrogen-bond acceptors (Lipinski definition) is 2. The first-order valence-corrected chi connectivity index (χ1v) is 5.80. The van der Waals surface area contributed by atoms with Crippen molar-refractivity contribution in [2.24, 2.45) is 5.41 Å². The molecule has 1 N–H and O–H groups in total. The Bertz CT molecular complexity index is 361. The van der Waals surface area contributed by atoms with E-state index in [-0.39, 0.29) is 5.41 Å². The minimum Gasteiger partial charge on any atom is -0.378 e. The maximum Gasteiger partial charge on any atom is 0.0851 e. The molecule has 1 aromatic rings. The second kappa shape index (κ2) is 4.83. The van der Waals surface area contributed by atoms with Crippen molar-refractivity contribution in [3.8, 4) is 0 Å². The predicted molar refractivity (Wildman–Crippen MR) is 76.4 cm³/mol. The number of nitrogens with zero attached hydrogens (tertiary/aromatic N) is 1. The topological polar surface area (TPSA) is 15.3 Å². The Labute approximate surface area is 104 Å². The molecule has 1 aromatic carbocycles. The lowest BCUT2D eigenvalue weighted by Gasteiger charge is -2.21. The summed E-state index contributed by atoms with van der Waals surface area (Å²) in [6, 6.07) is 8.25. The summed E-state index contributed by atoms with van der Waals surface area (Å²) < 4.78 is 0. The van der Waals surface area contributed by atoms with Gasteiger partial charge in [-0.2, -0.15) is 0 Å². The van der Waals surface area contributed by atoms with E-state index >= 15 is 0 Å². The van der Waals surface area contributed by atoms with Crippen molar-refractivity contribution in [1.82, 2.24) is 0 Å². The molecule has 0 aromatic heterocycles. The summed E-state index contributed by atoms with van der Waals surface area (Å²) in [7, 11) is 4.06. The molecule has 0 aliphatic rings. The third kappa shape index (κ3) is 3.49. The van der Waals surface area contributed by atoms with E-state index in [2.05, 4.69) is 43.1 Å². The van der Waals surface area contributed by atoms with Crippen molar-refractivity contribution in [3.63, 3.8) is 0 Å². The summed E-state index contributed by atoms with van der Waals surface area (Å²) in [6.45, 7) is 6.32. The average molecular weight is 236 g/mol. The van der Waals surface area contributed by atoms with E-state index in [4.69, 9.17) is 12.2 Å². The van der Waals surface area contributed by atoms with Crippen LogP contribution in [0.5, 0.6) is 0 Å². The Hall–Kier alpha value is -1.09. The van der Waals surface area contributed by atoms with Gasteiger partial charge in [-0.3, -0.25) is 0 Å². The molecule has 0 heterocycles. The summed E-state index contributed by atoms with van der Waals surface area (Å²) in [5.41, 5.74) is 2.24. The van der Waals surface area contributed by atoms with Crippen LogP contribution in [-0.4, -0.2) is 19.1 Å². The summed E-state index contributed by atoms with van der Waals surface area (Å²) in [4.78, 5) is 2.94. The van der Waals surface area contributed by atoms with Gasteiger partial charge in [0.1, 0.15) is 0 Å². The normalized spacial score (nSPS) is 11.1. The van der Waals surface area contributed by atoms with E-state index in [9.17, 15) is 0 Å². The van der Waals surface area contributed by atoms with Gasteiger partial charge < -0.3 is 10.2 Å². The van der Waals surface area contributed by atoms with Crippen molar-refractivity contribution in [3.05, 3.63) is 24.3 Å². The van der Waals surface area contributed by atoms with E-state index in [0.29, 0.717) is 0 Å². The summed E-state index contributed by atoms with van der Waals surface area (Å²) >= 11 is 5.34. The van der Waals surface area contributed by atoms with Gasteiger partial charge in [-0.05, 0) is 24.3 Å². The van der Waals surface area contributed by atoms with E-state index in [1.54, 1.807) is 0 Å². The molecule has 0 aliphatic heterocycles. The van der Waals surface area contributed by atoms with Crippen molar-refractivity contribution >= 4 is 28.6 Å². The van der Waals surface area contributed by atoms with Gasteiger partial charge in [0, 0.05) is 30.9 Å². The summed E-state index contributed by atoms with van der Waals surface area (Å²) in [6.07, 6.45) is 0. The highest BCUT2D eigenvalue weighted by Crippen LogP contribution is 2.20. The fraction of sp³-hybridized carbons (Fsp3) is 0.462. The molecule has 0 aliphatic carbocycles. The molecular weight excluding hydrogens is 216 g/mol. The van der Waals surface area contributed by atoms with Crippen LogP contribution in [0.4, 0.5) is 11.4 Å². The van der Waals surface area contributed by atoms with Gasteiger partial charge in [-0.25, -0.2) is 0 Å². The monoisotopic (exact) mass is 236 g/mol. The van der Waals surface area contributed by atoms with Crippen molar-refractivity contribution in [2.45, 2.75) is 20.8 Å². The molecule has 0 amide bonds. The SMILES string of the molecule is CN(C)c1ccc(NC(=S)C(C)(C)C)cc1. The summed E-state index contributed by atoms with van der Waals surface area (Å²) in [5, 5.41) is 3.26. The molecule has 0 saturated heterocycles. The molecule has 0 bridgehead atoms. The fourth-order valence-electron chi connectivity index (χ4n) is 1.16. The molecule has 0 spiro atoms. The predicted octanol–water partition coefficient (Wildman–Crippen LogP) is 3.54. The second-order valence-corrected chi connectivity index (χ2v) is 5.55. The molecule has 0 radical (unpaired) electrons. The van der Waals surface area contributed by atoms with E-state index in [0.717, 1.165) is 10.7 Å². The lowest BCUT2D eigenvalue weighted by molar-refractivity contribution is 0.600. The van der Waals surface area contributed by atoms with E-state index in [1.165, 1.54) is 5.69 Å². The zero-order valence-corrected chi connectivity index (χ0v) is 11.5. The Morgan fingerprint density at radius 3 is 2.00 bits per heavy atom. The smallest absolute Gasteiger partial charge is 0.0851 e. The van der Waals surface area contributed by atoms with Gasteiger partial charge in [-0.1, -0.05) is 33.0 Å². The highest BCUT2D eigenvalue weighted by Gasteiger charge is 2.16. The number of rotatable bonds is 2. The van der Waals surface area contributed by atoms with Crippen LogP contribution in [0.1, 0.15) is 20.8 Å². The molecule has 0 atom stereocenters. The standard InChI is InChI=1S/C13H20N2S/c1-13(2,3)12(16)14-10-6-8-11(9-7-10)15(4)5/h6-9H,1-5H3,(H,14,16). The Morgan fingerprint density at radius 1 is 1.12 bits per heavy atom. The molecular formula is C13H20N2S. The number of benzene rings is 1. The Morgan fingerprint density at radius 2 is 1.62 bits per heavy atom. The van der Waals surface area contributed by atoms with Gasteiger partial charge in [-0.15, -0.1) is 0 Å². The van der Waals surface area contributed by atoms with Crippen LogP contribution < -0.4 is 10.2 Å². The second-order valence-electron chi connectivity index (χ2n) is 5.15. The van der Waals surface area contributed by atoms with Crippen molar-refractivity contribution in [1.29, 1.82) is 0 Å². The molecule has 88 valence electrons. The molecule has 0 unspecified atom stereocenters. The van der Waals surface area contributed by atoms with Crippen LogP contribution in [0, 0.1) is 5.41 Å². The zero-order valence-electron chi connectivity index (χ0n) is 10.7. The first kappa shape index (κ1) is 13.0. The van der Waals surface area contributed by atoms with Gasteiger partial charge in [0.25, 0.3) is 0 Å². The third-order valence-electron chi connectivity index (χ3n) is 2.32. The highest BCUT2D eigenvalue weighted by molar-refractivity contribution is 7.80. The summed E-state index contributed by atoms with van der Waals surface area (Å²) in [5.74, 6) is 0. The maximum absolute atomic E-state index is 5.34. The zero-order chi connectivity index (χ0) is 12.3. The number of hydrogen-bond donors (Lipinski definition) is 1. The third-order valence-corrected chi connectivity index (χ3v) is 3.04. The quantitative estimate of drug-likeness (QED) is 0.791. The van der Waals surface area contributed by atoms with E-state index in [1.807, 2.05) is 26.2 Å². The minimum atomic E-state index is 0.00948. The van der Waals surface area contributed by atoms with Gasteiger partial charge in [0.2, 0.25) is 0 Å². The molecule has 1 rings (SSSR count). The molecule has 2 nitrogen and oxygen atoms in total. The Kier molecular flexibility index (Phi) is 3.92. The van der Waals surface area contributed by atoms with Gasteiger partial charge in [0.15, 0.2) is 0 Å². The maximum atomic E-state index is 5.34. The van der Waals surface area contributed by atoms with Crippen molar-refractivity contribution < 1.29 is 0 Å². The lowest BCUT2D eigenvalue weighted by Crippen LogP contribution is -2.25. The molecule has 3 heteroatoms. The minimum absolute atomic E-state index is 0.00948. The van der Waals surface area contributed by atoms with Crippen LogP contribution in [-0.2, 0) is 0 Å². The first-order chi connectivity index (χ1) is 7.30. The largest absolute Gasteiger partial charge is 0.378 e. The Balaban J connectivity index is 2.73. The average Bonchev–Trinajstić information content (AvgIpc) is 2.17. The fourth-order valence-corrected chi connectivity index (χ4v) is 1.28. The lowest BCUT2D eigenvalue weighted by atomic mass is 9.96. The van der Waals surface area contributed by atoms with Gasteiger partial charge in [0.05, 0.1) is 4.99 Å². The van der Waals surface area contributed by atoms with Crippen LogP contribution in [0.2, 0.25) is 0 Å².